The van der Waals surface area contributed by atoms with Gasteiger partial charge in [-0.25, -0.2) is 0 Å². The quantitative estimate of drug-likeness (QED) is 0.546. The van der Waals surface area contributed by atoms with Crippen molar-refractivity contribution < 1.29 is 0 Å². The average Bonchev–Trinajstić information content (AvgIpc) is 2.75. The van der Waals surface area contributed by atoms with Gasteiger partial charge in [0.15, 0.2) is 0 Å². The van der Waals surface area contributed by atoms with Crippen LogP contribution < -0.4 is 5.32 Å². The monoisotopic (exact) mass is 245 g/mol. The fraction of sp³-hybridized carbons (Fsp3) is 0.667. The molecule has 1 aromatic rings. The van der Waals surface area contributed by atoms with E-state index in [4.69, 9.17) is 11.6 Å². The summed E-state index contributed by atoms with van der Waals surface area (Å²) in [6, 6.07) is 2.20. The summed E-state index contributed by atoms with van der Waals surface area (Å²) in [5.74, 6) is 1.44. The van der Waals surface area contributed by atoms with Gasteiger partial charge in [0.1, 0.15) is 0 Å². The van der Waals surface area contributed by atoms with E-state index >= 15 is 0 Å². The lowest BCUT2D eigenvalue weighted by molar-refractivity contribution is 0.532. The van der Waals surface area contributed by atoms with Gasteiger partial charge in [-0.3, -0.25) is 0 Å². The van der Waals surface area contributed by atoms with Gasteiger partial charge in [0.25, 0.3) is 0 Å². The third-order valence-corrected chi connectivity index (χ3v) is 3.74. The molecule has 0 amide bonds. The van der Waals surface area contributed by atoms with E-state index in [1.807, 2.05) is 0 Å². The summed E-state index contributed by atoms with van der Waals surface area (Å²) in [6.07, 6.45) is 3.61. The van der Waals surface area contributed by atoms with Crippen molar-refractivity contribution in [2.45, 2.75) is 26.2 Å². The molecule has 0 aliphatic rings. The van der Waals surface area contributed by atoms with Gasteiger partial charge < -0.3 is 5.32 Å². The molecule has 15 heavy (non-hydrogen) atoms. The highest BCUT2D eigenvalue weighted by Crippen LogP contribution is 2.07. The second-order valence-corrected chi connectivity index (χ2v) is 5.12. The van der Waals surface area contributed by atoms with Crippen molar-refractivity contribution in [1.29, 1.82) is 0 Å². The maximum absolute atomic E-state index is 5.74. The van der Waals surface area contributed by atoms with Crippen LogP contribution in [-0.4, -0.2) is 19.0 Å². The van der Waals surface area contributed by atoms with E-state index < -0.39 is 0 Å². The van der Waals surface area contributed by atoms with Crippen molar-refractivity contribution >= 4 is 22.9 Å². The molecule has 3 heteroatoms. The molecule has 1 nitrogen and oxygen atoms in total. The molecule has 1 heterocycles. The molecule has 0 saturated carbocycles. The normalized spacial score (nSPS) is 12.9. The summed E-state index contributed by atoms with van der Waals surface area (Å²) in [5, 5.41) is 7.82. The van der Waals surface area contributed by atoms with Crippen LogP contribution in [0.4, 0.5) is 0 Å². The summed E-state index contributed by atoms with van der Waals surface area (Å²) < 4.78 is 0. The Hall–Kier alpha value is -0.0500. The van der Waals surface area contributed by atoms with Gasteiger partial charge in [-0.1, -0.05) is 6.92 Å². The minimum absolute atomic E-state index is 0.658. The van der Waals surface area contributed by atoms with Crippen LogP contribution in [0.2, 0.25) is 0 Å². The van der Waals surface area contributed by atoms with Crippen molar-refractivity contribution in [2.24, 2.45) is 5.92 Å². The zero-order chi connectivity index (χ0) is 10.9. The Morgan fingerprint density at radius 2 is 2.33 bits per heavy atom. The minimum atomic E-state index is 0.658. The fourth-order valence-electron chi connectivity index (χ4n) is 1.45. The van der Waals surface area contributed by atoms with E-state index in [0.717, 1.165) is 25.4 Å². The van der Waals surface area contributed by atoms with Crippen molar-refractivity contribution in [3.05, 3.63) is 22.4 Å². The number of rotatable bonds is 8. The van der Waals surface area contributed by atoms with Gasteiger partial charge in [-0.05, 0) is 60.7 Å². The summed E-state index contributed by atoms with van der Waals surface area (Å²) in [4.78, 5) is 0. The van der Waals surface area contributed by atoms with Crippen molar-refractivity contribution in [3.8, 4) is 0 Å². The molecular formula is C12H20ClNS. The Balaban J connectivity index is 1.89. The predicted octanol–water partition coefficient (Wildman–Crippen LogP) is 3.54. The maximum atomic E-state index is 5.74. The Kier molecular flexibility index (Phi) is 7.07. The Morgan fingerprint density at radius 1 is 1.47 bits per heavy atom. The number of hydrogen-bond acceptors (Lipinski definition) is 2. The van der Waals surface area contributed by atoms with Gasteiger partial charge in [-0.15, -0.1) is 11.6 Å². The molecule has 86 valence electrons. The zero-order valence-electron chi connectivity index (χ0n) is 9.34. The molecule has 0 spiro atoms. The molecular weight excluding hydrogens is 226 g/mol. The van der Waals surface area contributed by atoms with Crippen LogP contribution in [0.15, 0.2) is 16.8 Å². The molecule has 0 aliphatic carbocycles. The van der Waals surface area contributed by atoms with Crippen LogP contribution in [0.5, 0.6) is 0 Å². The first kappa shape index (κ1) is 13.0. The molecule has 1 rings (SSSR count). The van der Waals surface area contributed by atoms with Gasteiger partial charge in [0, 0.05) is 5.88 Å². The standard InChI is InChI=1S/C12H20ClNS/c1-11(9-13)3-2-6-14-7-4-12-5-8-15-10-12/h5,8,10-11,14H,2-4,6-7,9H2,1H3. The fourth-order valence-corrected chi connectivity index (χ4v) is 2.30. The van der Waals surface area contributed by atoms with Crippen molar-refractivity contribution in [3.63, 3.8) is 0 Å². The van der Waals surface area contributed by atoms with Crippen LogP contribution in [0.25, 0.3) is 0 Å². The Bertz CT molecular complexity index is 236. The smallest absolute Gasteiger partial charge is 0.0249 e. The van der Waals surface area contributed by atoms with Gasteiger partial charge in [-0.2, -0.15) is 11.3 Å². The largest absolute Gasteiger partial charge is 0.316 e. The lowest BCUT2D eigenvalue weighted by Crippen LogP contribution is -2.19. The SMILES string of the molecule is CC(CCl)CCCNCCc1ccsc1. The first-order valence-electron chi connectivity index (χ1n) is 5.60. The van der Waals surface area contributed by atoms with E-state index in [2.05, 4.69) is 29.1 Å². The summed E-state index contributed by atoms with van der Waals surface area (Å²) in [6.45, 7) is 4.41. The highest BCUT2D eigenvalue weighted by molar-refractivity contribution is 7.07. The molecule has 1 N–H and O–H groups in total. The van der Waals surface area contributed by atoms with Crippen LogP contribution in [0.1, 0.15) is 25.3 Å². The second-order valence-electron chi connectivity index (χ2n) is 4.03. The maximum Gasteiger partial charge on any atom is 0.0249 e. The Morgan fingerprint density at radius 3 is 3.00 bits per heavy atom. The number of halogens is 1. The lowest BCUT2D eigenvalue weighted by Gasteiger charge is -2.07. The first-order chi connectivity index (χ1) is 7.33. The summed E-state index contributed by atoms with van der Waals surface area (Å²) in [7, 11) is 0. The number of hydrogen-bond donors (Lipinski definition) is 1. The zero-order valence-corrected chi connectivity index (χ0v) is 10.9. The van der Waals surface area contributed by atoms with E-state index in [-0.39, 0.29) is 0 Å². The molecule has 0 bridgehead atoms. The second kappa shape index (κ2) is 8.14. The average molecular weight is 246 g/mol. The topological polar surface area (TPSA) is 12.0 Å². The van der Waals surface area contributed by atoms with Gasteiger partial charge in [0.05, 0.1) is 0 Å². The minimum Gasteiger partial charge on any atom is -0.316 e. The third-order valence-electron chi connectivity index (χ3n) is 2.48. The van der Waals surface area contributed by atoms with Crippen LogP contribution in [0, 0.1) is 5.92 Å². The highest BCUT2D eigenvalue weighted by atomic mass is 35.5. The molecule has 1 unspecified atom stereocenters. The Labute approximate surface area is 102 Å². The van der Waals surface area contributed by atoms with Crippen molar-refractivity contribution in [1.82, 2.24) is 5.32 Å². The molecule has 0 radical (unpaired) electrons. The summed E-state index contributed by atoms with van der Waals surface area (Å²) >= 11 is 7.51. The molecule has 1 atom stereocenters. The molecule has 1 aromatic heterocycles. The van der Waals surface area contributed by atoms with Gasteiger partial charge in [0.2, 0.25) is 0 Å². The van der Waals surface area contributed by atoms with Crippen LogP contribution in [-0.2, 0) is 6.42 Å². The highest BCUT2D eigenvalue weighted by Gasteiger charge is 1.98. The predicted molar refractivity (Wildman–Crippen MR) is 70.0 cm³/mol. The third kappa shape index (κ3) is 6.18. The van der Waals surface area contributed by atoms with E-state index in [1.165, 1.54) is 18.4 Å². The van der Waals surface area contributed by atoms with Crippen LogP contribution in [0.3, 0.4) is 0 Å². The van der Waals surface area contributed by atoms with E-state index in [9.17, 15) is 0 Å². The number of alkyl halides is 1. The van der Waals surface area contributed by atoms with Crippen LogP contribution >= 0.6 is 22.9 Å². The van der Waals surface area contributed by atoms with E-state index in [0.29, 0.717) is 5.92 Å². The van der Waals surface area contributed by atoms with E-state index in [1.54, 1.807) is 11.3 Å². The molecule has 0 fully saturated rings. The first-order valence-corrected chi connectivity index (χ1v) is 7.08. The molecule has 0 aromatic carbocycles. The van der Waals surface area contributed by atoms with Gasteiger partial charge >= 0.3 is 0 Å². The summed E-state index contributed by atoms with van der Waals surface area (Å²) in [5.41, 5.74) is 1.45. The van der Waals surface area contributed by atoms with Crippen molar-refractivity contribution in [2.75, 3.05) is 19.0 Å². The lowest BCUT2D eigenvalue weighted by atomic mass is 10.1. The molecule has 0 saturated heterocycles. The number of nitrogens with one attached hydrogen (secondary N) is 1. The number of thiophene rings is 1. The molecule has 0 aliphatic heterocycles.